The number of fused-ring (bicyclic) bond motifs is 2. The molecule has 7 heteroatoms. The number of benzene rings is 2. The van der Waals surface area contributed by atoms with Crippen LogP contribution in [0.5, 0.6) is 11.5 Å². The highest BCUT2D eigenvalue weighted by atomic mass is 16.6. The van der Waals surface area contributed by atoms with Gasteiger partial charge in [-0.25, -0.2) is 0 Å². The predicted molar refractivity (Wildman–Crippen MR) is 121 cm³/mol. The Morgan fingerprint density at radius 2 is 1.94 bits per heavy atom. The largest absolute Gasteiger partial charge is 0.490 e. The lowest BCUT2D eigenvalue weighted by atomic mass is 9.76. The van der Waals surface area contributed by atoms with Gasteiger partial charge in [0.1, 0.15) is 5.75 Å². The Morgan fingerprint density at radius 1 is 1.26 bits per heavy atom. The van der Waals surface area contributed by atoms with Crippen molar-refractivity contribution in [3.8, 4) is 17.6 Å². The van der Waals surface area contributed by atoms with Gasteiger partial charge >= 0.3 is 5.69 Å². The van der Waals surface area contributed by atoms with Crippen LogP contribution in [0.1, 0.15) is 49.9 Å². The lowest BCUT2D eigenvalue weighted by molar-refractivity contribution is -0.385. The van der Waals surface area contributed by atoms with Gasteiger partial charge in [-0.3, -0.25) is 10.1 Å². The molecule has 0 aromatic heterocycles. The highest BCUT2D eigenvalue weighted by Crippen LogP contribution is 2.55. The quantitative estimate of drug-likeness (QED) is 0.480. The zero-order chi connectivity index (χ0) is 23.1. The zero-order valence-corrected chi connectivity index (χ0v) is 18.9. The Hall–Kier alpha value is -3.53. The Labute approximate surface area is 182 Å². The lowest BCUT2D eigenvalue weighted by Gasteiger charge is -2.46. The molecule has 2 aliphatic heterocycles. The van der Waals surface area contributed by atoms with Gasteiger partial charge in [0.2, 0.25) is 11.5 Å². The number of hydrogen-bond acceptors (Lipinski definition) is 6. The summed E-state index contributed by atoms with van der Waals surface area (Å²) < 4.78 is 12.0. The number of hydrogen-bond donors (Lipinski definition) is 0. The van der Waals surface area contributed by atoms with Crippen LogP contribution in [0.25, 0.3) is 6.08 Å². The van der Waals surface area contributed by atoms with Gasteiger partial charge in [-0.05, 0) is 56.7 Å². The Morgan fingerprint density at radius 3 is 2.52 bits per heavy atom. The summed E-state index contributed by atoms with van der Waals surface area (Å²) in [5.74, 6) is 0.755. The summed E-state index contributed by atoms with van der Waals surface area (Å²) in [5.41, 5.74) is 2.39. The summed E-state index contributed by atoms with van der Waals surface area (Å²) in [7, 11) is 3.37. The van der Waals surface area contributed by atoms with Crippen molar-refractivity contribution in [2.24, 2.45) is 0 Å². The summed E-state index contributed by atoms with van der Waals surface area (Å²) in [5, 5.41) is 20.8. The number of nitriles is 1. The van der Waals surface area contributed by atoms with Gasteiger partial charge in [0.25, 0.3) is 0 Å². The van der Waals surface area contributed by atoms with Gasteiger partial charge in [0, 0.05) is 29.9 Å². The van der Waals surface area contributed by atoms with E-state index in [-0.39, 0.29) is 11.4 Å². The van der Waals surface area contributed by atoms with E-state index in [1.54, 1.807) is 13.0 Å². The van der Waals surface area contributed by atoms with Gasteiger partial charge in [-0.2, -0.15) is 5.26 Å². The summed E-state index contributed by atoms with van der Waals surface area (Å²) in [6.07, 6.45) is 3.81. The maximum Gasteiger partial charge on any atom is 0.312 e. The monoisotopic (exact) mass is 421 g/mol. The number of likely N-dealkylation sites (N-methyl/N-ethyl adjacent to an activating group) is 1. The van der Waals surface area contributed by atoms with Gasteiger partial charge < -0.3 is 14.4 Å². The van der Waals surface area contributed by atoms with Crippen LogP contribution < -0.4 is 14.4 Å². The molecule has 2 heterocycles. The van der Waals surface area contributed by atoms with Gasteiger partial charge in [0.15, 0.2) is 0 Å². The van der Waals surface area contributed by atoms with Gasteiger partial charge in [0.05, 0.1) is 29.1 Å². The average Bonchev–Trinajstić information content (AvgIpc) is 2.93. The first kappa shape index (κ1) is 22.2. The van der Waals surface area contributed by atoms with Crippen LogP contribution in [0, 0.1) is 28.4 Å². The molecule has 0 aliphatic carbocycles. The molecule has 7 nitrogen and oxygen atoms in total. The molecule has 31 heavy (non-hydrogen) atoms. The third kappa shape index (κ3) is 2.94. The van der Waals surface area contributed by atoms with Crippen LogP contribution in [-0.4, -0.2) is 24.8 Å². The minimum absolute atomic E-state index is 0.0889. The molecule has 2 aromatic rings. The first-order chi connectivity index (χ1) is 14.7. The van der Waals surface area contributed by atoms with E-state index in [4.69, 9.17) is 9.47 Å². The second kappa shape index (κ2) is 7.62. The second-order valence-corrected chi connectivity index (χ2v) is 7.89. The lowest BCUT2D eigenvalue weighted by Crippen LogP contribution is -2.58. The number of nitrogens with zero attached hydrogens (tertiary/aromatic N) is 3. The van der Waals surface area contributed by atoms with Crippen molar-refractivity contribution in [3.63, 3.8) is 0 Å². The van der Waals surface area contributed by atoms with Gasteiger partial charge in [-0.1, -0.05) is 13.8 Å². The molecule has 0 radical (unpaired) electrons. The van der Waals surface area contributed by atoms with E-state index < -0.39 is 16.1 Å². The summed E-state index contributed by atoms with van der Waals surface area (Å²) in [6.45, 7) is 9.91. The Bertz CT molecular complexity index is 1130. The smallest absolute Gasteiger partial charge is 0.312 e. The molecule has 2 aromatic carbocycles. The van der Waals surface area contributed by atoms with Crippen molar-refractivity contribution < 1.29 is 14.4 Å². The van der Waals surface area contributed by atoms with E-state index >= 15 is 0 Å². The van der Waals surface area contributed by atoms with E-state index in [0.29, 0.717) is 22.4 Å². The summed E-state index contributed by atoms with van der Waals surface area (Å²) in [6, 6.07) is 9.30. The molecule has 162 valence electrons. The van der Waals surface area contributed by atoms with Crippen molar-refractivity contribution in [1.82, 2.24) is 0 Å². The molecule has 0 fully saturated rings. The zero-order valence-electron chi connectivity index (χ0n) is 18.9. The Balaban J connectivity index is 0.00000132. The second-order valence-electron chi connectivity index (χ2n) is 7.89. The number of anilines is 1. The fraction of sp³-hybridized carbons (Fsp3) is 0.375. The fourth-order valence-corrected chi connectivity index (χ4v) is 4.54. The van der Waals surface area contributed by atoms with Crippen molar-refractivity contribution >= 4 is 17.5 Å². The highest BCUT2D eigenvalue weighted by Gasteiger charge is 2.58. The fourth-order valence-electron chi connectivity index (χ4n) is 4.54. The first-order valence-electron chi connectivity index (χ1n) is 10.2. The van der Waals surface area contributed by atoms with E-state index in [0.717, 1.165) is 11.3 Å². The molecule has 2 aliphatic rings. The number of ether oxygens (including phenoxy) is 2. The van der Waals surface area contributed by atoms with Crippen LogP contribution in [0.2, 0.25) is 0 Å². The van der Waals surface area contributed by atoms with Crippen molar-refractivity contribution in [1.29, 1.82) is 5.26 Å². The van der Waals surface area contributed by atoms with Crippen LogP contribution in [0.3, 0.4) is 0 Å². The molecular weight excluding hydrogens is 394 g/mol. The summed E-state index contributed by atoms with van der Waals surface area (Å²) >= 11 is 0. The summed E-state index contributed by atoms with van der Waals surface area (Å²) in [4.78, 5) is 13.1. The number of methoxy groups -OCH3 is 1. The first-order valence-corrected chi connectivity index (χ1v) is 10.2. The normalized spacial score (nSPS) is 19.5. The van der Waals surface area contributed by atoms with Crippen LogP contribution >= 0.6 is 0 Å². The van der Waals surface area contributed by atoms with E-state index in [1.165, 1.54) is 13.2 Å². The molecule has 0 saturated carbocycles. The predicted octanol–water partition coefficient (Wildman–Crippen LogP) is 5.34. The third-order valence-electron chi connectivity index (χ3n) is 6.17. The minimum Gasteiger partial charge on any atom is -0.490 e. The van der Waals surface area contributed by atoms with E-state index in [9.17, 15) is 15.4 Å². The van der Waals surface area contributed by atoms with E-state index in [2.05, 4.69) is 24.8 Å². The number of nitro benzene ring substituents is 1. The molecule has 0 N–H and O–H groups in total. The molecular formula is C24H27N3O4. The molecule has 4 rings (SSSR count). The molecule has 1 unspecified atom stereocenters. The van der Waals surface area contributed by atoms with Crippen molar-refractivity contribution in [2.45, 2.75) is 45.8 Å². The molecule has 1 spiro atoms. The van der Waals surface area contributed by atoms with Crippen molar-refractivity contribution in [3.05, 3.63) is 62.7 Å². The van der Waals surface area contributed by atoms with Crippen LogP contribution in [-0.2, 0) is 5.41 Å². The Kier molecular flexibility index (Phi) is 5.45. The molecule has 0 saturated heterocycles. The topological polar surface area (TPSA) is 88.6 Å². The maximum atomic E-state index is 11.5. The van der Waals surface area contributed by atoms with Gasteiger partial charge in [-0.15, -0.1) is 0 Å². The maximum absolute atomic E-state index is 11.5. The van der Waals surface area contributed by atoms with Crippen LogP contribution in [0.15, 0.2) is 30.3 Å². The molecule has 0 amide bonds. The van der Waals surface area contributed by atoms with Crippen LogP contribution in [0.4, 0.5) is 11.4 Å². The number of nitro groups is 1. The third-order valence-corrected chi connectivity index (χ3v) is 6.17. The minimum atomic E-state index is -0.845. The van der Waals surface area contributed by atoms with Crippen molar-refractivity contribution in [2.75, 3.05) is 19.1 Å². The molecule has 0 bridgehead atoms. The van der Waals surface area contributed by atoms with E-state index in [1.807, 2.05) is 45.2 Å². The highest BCUT2D eigenvalue weighted by molar-refractivity contribution is 5.76. The average molecular weight is 421 g/mol. The molecule has 1 atom stereocenters. The number of rotatable bonds is 2. The standard InChI is InChI=1S/C22H21N3O4.C2H6/c1-13-19-15(11-18(25(26)27)20(13)28-5)8-9-22(29-19)21(2,3)16-10-14(12-23)6-7-17(16)24(22)4;1-2/h6-11H,1-5H3;1-2H3. The SMILES string of the molecule is CC.COc1c([N+](=O)[O-])cc2c(c1C)OC1(C=C2)N(C)c2ccc(C#N)cc2C1(C)C.